The van der Waals surface area contributed by atoms with Crippen LogP contribution in [0.25, 0.3) is 0 Å². The number of allylic oxidation sites excluding steroid dienone is 1. The van der Waals surface area contributed by atoms with Crippen LogP contribution < -0.4 is 5.32 Å². The molecule has 0 saturated heterocycles. The third kappa shape index (κ3) is 2.11. The second-order valence-electron chi connectivity index (χ2n) is 5.16. The Bertz CT molecular complexity index is 517. The second kappa shape index (κ2) is 5.02. The van der Waals surface area contributed by atoms with Crippen LogP contribution in [0.2, 0.25) is 0 Å². The summed E-state index contributed by atoms with van der Waals surface area (Å²) in [6.07, 6.45) is 5.73. The Morgan fingerprint density at radius 3 is 1.84 bits per heavy atom. The van der Waals surface area contributed by atoms with Crippen LogP contribution in [0.3, 0.4) is 0 Å². The Hall–Kier alpha value is -1.86. The van der Waals surface area contributed by atoms with E-state index in [4.69, 9.17) is 0 Å². The van der Waals surface area contributed by atoms with Gasteiger partial charge in [-0.25, -0.2) is 0 Å². The van der Waals surface area contributed by atoms with E-state index >= 15 is 0 Å². The van der Waals surface area contributed by atoms with Crippen molar-refractivity contribution in [2.24, 2.45) is 0 Å². The summed E-state index contributed by atoms with van der Waals surface area (Å²) in [7, 11) is 2.03. The summed E-state index contributed by atoms with van der Waals surface area (Å²) in [4.78, 5) is 0. The molecule has 2 aromatic carbocycles. The van der Waals surface area contributed by atoms with E-state index in [1.165, 1.54) is 11.1 Å². The molecule has 0 radical (unpaired) electrons. The smallest absolute Gasteiger partial charge is 0.0400 e. The minimum absolute atomic E-state index is 0.0101. The molecule has 1 N–H and O–H groups in total. The van der Waals surface area contributed by atoms with Gasteiger partial charge < -0.3 is 5.32 Å². The number of nitrogens with one attached hydrogen (secondary N) is 1. The summed E-state index contributed by atoms with van der Waals surface area (Å²) < 4.78 is 0. The molecule has 1 atom stereocenters. The lowest BCUT2D eigenvalue weighted by Gasteiger charge is -2.30. The van der Waals surface area contributed by atoms with Gasteiger partial charge >= 0.3 is 0 Å². The van der Waals surface area contributed by atoms with Gasteiger partial charge in [0.2, 0.25) is 0 Å². The lowest BCUT2D eigenvalue weighted by Crippen LogP contribution is -2.30. The molecule has 1 nitrogen and oxygen atoms in total. The molecule has 0 saturated carbocycles. The standard InChI is InChI=1S/C18H19N/c1-19-17-12-13-18(14-17,15-8-4-2-5-9-15)16-10-6-3-7-11-16/h2-13,17,19H,14H2,1H3. The van der Waals surface area contributed by atoms with E-state index in [2.05, 4.69) is 78.1 Å². The molecule has 0 heterocycles. The van der Waals surface area contributed by atoms with E-state index < -0.39 is 0 Å². The maximum Gasteiger partial charge on any atom is 0.0400 e. The predicted molar refractivity (Wildman–Crippen MR) is 80.3 cm³/mol. The van der Waals surface area contributed by atoms with Crippen molar-refractivity contribution in [3.8, 4) is 0 Å². The molecule has 0 amide bonds. The number of rotatable bonds is 3. The molecule has 0 fully saturated rings. The highest BCUT2D eigenvalue weighted by Gasteiger charge is 2.37. The molecule has 3 rings (SSSR count). The quantitative estimate of drug-likeness (QED) is 0.821. The molecule has 2 aromatic rings. The lowest BCUT2D eigenvalue weighted by atomic mass is 9.74. The monoisotopic (exact) mass is 249 g/mol. The maximum absolute atomic E-state index is 3.37. The largest absolute Gasteiger partial charge is 0.313 e. The van der Waals surface area contributed by atoms with Crippen LogP contribution in [0.1, 0.15) is 17.5 Å². The van der Waals surface area contributed by atoms with Gasteiger partial charge in [-0.15, -0.1) is 0 Å². The Labute approximate surface area is 115 Å². The molecule has 1 heteroatoms. The summed E-state index contributed by atoms with van der Waals surface area (Å²) in [6.45, 7) is 0. The SMILES string of the molecule is CNC1C=CC(c2ccccc2)(c2ccccc2)C1. The molecule has 96 valence electrons. The third-order valence-corrected chi connectivity index (χ3v) is 4.10. The summed E-state index contributed by atoms with van der Waals surface area (Å²) in [5.74, 6) is 0. The van der Waals surface area contributed by atoms with Gasteiger partial charge in [-0.2, -0.15) is 0 Å². The molecular weight excluding hydrogens is 230 g/mol. The van der Waals surface area contributed by atoms with Gasteiger partial charge in [-0.3, -0.25) is 0 Å². The topological polar surface area (TPSA) is 12.0 Å². The van der Waals surface area contributed by atoms with Crippen molar-refractivity contribution in [2.45, 2.75) is 17.9 Å². The van der Waals surface area contributed by atoms with E-state index in [-0.39, 0.29) is 5.41 Å². The van der Waals surface area contributed by atoms with Crippen molar-refractivity contribution in [1.82, 2.24) is 5.32 Å². The van der Waals surface area contributed by atoms with Crippen LogP contribution in [0.15, 0.2) is 72.8 Å². The van der Waals surface area contributed by atoms with E-state index in [1.807, 2.05) is 7.05 Å². The van der Waals surface area contributed by atoms with Crippen LogP contribution in [-0.4, -0.2) is 13.1 Å². The van der Waals surface area contributed by atoms with Crippen LogP contribution in [-0.2, 0) is 5.41 Å². The number of benzene rings is 2. The highest BCUT2D eigenvalue weighted by Crippen LogP contribution is 2.41. The Kier molecular flexibility index (Phi) is 3.22. The normalized spacial score (nSPS) is 20.6. The molecule has 1 aliphatic rings. The zero-order chi connectivity index (χ0) is 13.1. The van der Waals surface area contributed by atoms with Crippen molar-refractivity contribution in [2.75, 3.05) is 7.05 Å². The fourth-order valence-corrected chi connectivity index (χ4v) is 3.03. The first kappa shape index (κ1) is 12.2. The first-order valence-corrected chi connectivity index (χ1v) is 6.83. The van der Waals surface area contributed by atoms with Crippen molar-refractivity contribution in [3.63, 3.8) is 0 Å². The van der Waals surface area contributed by atoms with Crippen LogP contribution in [0, 0.1) is 0 Å². The third-order valence-electron chi connectivity index (χ3n) is 4.10. The van der Waals surface area contributed by atoms with Crippen molar-refractivity contribution in [1.29, 1.82) is 0 Å². The molecule has 0 spiro atoms. The molecule has 0 aliphatic heterocycles. The van der Waals surface area contributed by atoms with Crippen molar-refractivity contribution >= 4 is 0 Å². The molecule has 19 heavy (non-hydrogen) atoms. The average molecular weight is 249 g/mol. The molecule has 1 aliphatic carbocycles. The predicted octanol–water partition coefficient (Wildman–Crippen LogP) is 3.52. The van der Waals surface area contributed by atoms with Gasteiger partial charge in [0, 0.05) is 11.5 Å². The minimum atomic E-state index is 0.0101. The lowest BCUT2D eigenvalue weighted by molar-refractivity contribution is 0.534. The molecule has 0 aromatic heterocycles. The summed E-state index contributed by atoms with van der Waals surface area (Å²) in [5.41, 5.74) is 2.75. The number of likely N-dealkylation sites (N-methyl/N-ethyl adjacent to an activating group) is 1. The van der Waals surface area contributed by atoms with Gasteiger partial charge in [-0.1, -0.05) is 72.8 Å². The molecule has 1 unspecified atom stereocenters. The zero-order valence-corrected chi connectivity index (χ0v) is 11.2. The van der Waals surface area contributed by atoms with Gasteiger partial charge in [0.05, 0.1) is 0 Å². The first-order valence-electron chi connectivity index (χ1n) is 6.83. The maximum atomic E-state index is 3.37. The van der Waals surface area contributed by atoms with Crippen molar-refractivity contribution < 1.29 is 0 Å². The van der Waals surface area contributed by atoms with E-state index in [9.17, 15) is 0 Å². The Morgan fingerprint density at radius 2 is 1.42 bits per heavy atom. The zero-order valence-electron chi connectivity index (χ0n) is 11.2. The van der Waals surface area contributed by atoms with E-state index in [0.717, 1.165) is 6.42 Å². The van der Waals surface area contributed by atoms with Gasteiger partial charge in [-0.05, 0) is 24.6 Å². The fraction of sp³-hybridized carbons (Fsp3) is 0.222. The van der Waals surface area contributed by atoms with Crippen molar-refractivity contribution in [3.05, 3.63) is 83.9 Å². The molecular formula is C18H19N. The Morgan fingerprint density at radius 1 is 0.895 bits per heavy atom. The van der Waals surface area contributed by atoms with Crippen LogP contribution in [0.4, 0.5) is 0 Å². The highest BCUT2D eigenvalue weighted by molar-refractivity contribution is 5.47. The van der Waals surface area contributed by atoms with E-state index in [0.29, 0.717) is 6.04 Å². The number of hydrogen-bond acceptors (Lipinski definition) is 1. The van der Waals surface area contributed by atoms with E-state index in [1.54, 1.807) is 0 Å². The molecule has 0 bridgehead atoms. The summed E-state index contributed by atoms with van der Waals surface area (Å²) in [6, 6.07) is 22.0. The fourth-order valence-electron chi connectivity index (χ4n) is 3.03. The van der Waals surface area contributed by atoms with Crippen LogP contribution >= 0.6 is 0 Å². The van der Waals surface area contributed by atoms with Gasteiger partial charge in [0.15, 0.2) is 0 Å². The minimum Gasteiger partial charge on any atom is -0.313 e. The summed E-state index contributed by atoms with van der Waals surface area (Å²) >= 11 is 0. The van der Waals surface area contributed by atoms with Gasteiger partial charge in [0.1, 0.15) is 0 Å². The first-order chi connectivity index (χ1) is 9.35. The summed E-state index contributed by atoms with van der Waals surface area (Å²) in [5, 5.41) is 3.37. The number of hydrogen-bond donors (Lipinski definition) is 1. The second-order valence-corrected chi connectivity index (χ2v) is 5.16. The Balaban J connectivity index is 2.11. The highest BCUT2D eigenvalue weighted by atomic mass is 14.9. The van der Waals surface area contributed by atoms with Gasteiger partial charge in [0.25, 0.3) is 0 Å². The average Bonchev–Trinajstić information content (AvgIpc) is 2.95. The van der Waals surface area contributed by atoms with Crippen LogP contribution in [0.5, 0.6) is 0 Å².